The highest BCUT2D eigenvalue weighted by molar-refractivity contribution is 8.00. The Labute approximate surface area is 228 Å². The number of nitrogen functional groups attached to an aromatic ring is 1. The Balaban J connectivity index is 1.42. The number of nitrogens with zero attached hydrogens (tertiary/aromatic N) is 3. The van der Waals surface area contributed by atoms with Crippen molar-refractivity contribution < 1.29 is 44.1 Å². The van der Waals surface area contributed by atoms with E-state index in [0.717, 1.165) is 28.4 Å². The second kappa shape index (κ2) is 11.4. The summed E-state index contributed by atoms with van der Waals surface area (Å²) >= 11 is 2.33. The van der Waals surface area contributed by atoms with Crippen molar-refractivity contribution in [2.24, 2.45) is 5.16 Å². The van der Waals surface area contributed by atoms with Crippen molar-refractivity contribution in [2.75, 3.05) is 25.2 Å². The number of ether oxygens (including phenoxy) is 1. The molecule has 3 heterocycles. The van der Waals surface area contributed by atoms with Crippen molar-refractivity contribution >= 4 is 57.7 Å². The molecule has 39 heavy (non-hydrogen) atoms. The number of esters is 1. The van der Waals surface area contributed by atoms with E-state index < -0.39 is 40.9 Å². The van der Waals surface area contributed by atoms with Gasteiger partial charge in [-0.1, -0.05) is 11.2 Å². The lowest BCUT2D eigenvalue weighted by Crippen LogP contribution is -2.71. The smallest absolute Gasteiger partial charge is 0.352 e. The summed E-state index contributed by atoms with van der Waals surface area (Å²) in [6.45, 7) is -0.222. The van der Waals surface area contributed by atoms with Crippen LogP contribution in [0.25, 0.3) is 0 Å². The van der Waals surface area contributed by atoms with Gasteiger partial charge in [0.15, 0.2) is 22.3 Å². The Morgan fingerprint density at radius 1 is 1.31 bits per heavy atom. The number of carbonyl (C=O) groups excluding carboxylic acids is 3. The second-order valence-electron chi connectivity index (χ2n) is 7.94. The molecule has 0 aliphatic carbocycles. The number of rotatable bonds is 9. The van der Waals surface area contributed by atoms with Gasteiger partial charge in [0.25, 0.3) is 11.8 Å². The largest absolute Gasteiger partial charge is 0.504 e. The number of hydrogen-bond acceptors (Lipinski definition) is 13. The van der Waals surface area contributed by atoms with E-state index in [1.165, 1.54) is 42.5 Å². The van der Waals surface area contributed by atoms with E-state index in [1.54, 1.807) is 0 Å². The minimum Gasteiger partial charge on any atom is -0.504 e. The van der Waals surface area contributed by atoms with Crippen LogP contribution in [-0.4, -0.2) is 85.6 Å². The van der Waals surface area contributed by atoms with Crippen LogP contribution in [0.4, 0.5) is 5.13 Å². The summed E-state index contributed by atoms with van der Waals surface area (Å²) < 4.78 is 5.08. The van der Waals surface area contributed by atoms with E-state index in [9.17, 15) is 34.5 Å². The number of benzene rings is 1. The van der Waals surface area contributed by atoms with Gasteiger partial charge in [-0.2, -0.15) is 0 Å². The van der Waals surface area contributed by atoms with Crippen LogP contribution in [-0.2, 0) is 24.0 Å². The summed E-state index contributed by atoms with van der Waals surface area (Å²) in [6, 6.07) is 2.45. The van der Waals surface area contributed by atoms with E-state index in [0.29, 0.717) is 5.57 Å². The van der Waals surface area contributed by atoms with Crippen LogP contribution in [0.3, 0.4) is 0 Å². The zero-order chi connectivity index (χ0) is 28.3. The molecule has 1 aromatic heterocycles. The first kappa shape index (κ1) is 27.5. The highest BCUT2D eigenvalue weighted by atomic mass is 32.2. The van der Waals surface area contributed by atoms with E-state index in [1.807, 2.05) is 0 Å². The molecule has 2 aliphatic heterocycles. The van der Waals surface area contributed by atoms with Gasteiger partial charge in [0.1, 0.15) is 36.5 Å². The average molecular weight is 576 g/mol. The molecule has 204 valence electrons. The number of carboxylic acids is 1. The number of thioether (sulfide) groups is 1. The van der Waals surface area contributed by atoms with E-state index in [4.69, 9.17) is 15.3 Å². The number of amides is 2. The van der Waals surface area contributed by atoms with Crippen LogP contribution in [0.5, 0.6) is 11.5 Å². The number of fused-ring (bicyclic) bond motifs is 1. The molecule has 6 N–H and O–H groups in total. The van der Waals surface area contributed by atoms with Gasteiger partial charge in [-0.3, -0.25) is 14.5 Å². The Kier molecular flexibility index (Phi) is 8.06. The molecule has 2 amide bonds. The highest BCUT2D eigenvalue weighted by Gasteiger charge is 2.54. The fourth-order valence-corrected chi connectivity index (χ4v) is 5.59. The van der Waals surface area contributed by atoms with Crippen LogP contribution in [0, 0.1) is 0 Å². The fraction of sp³-hybridized carbons (Fsp3) is 0.217. The Morgan fingerprint density at radius 2 is 2.08 bits per heavy atom. The monoisotopic (exact) mass is 575 g/mol. The maximum absolute atomic E-state index is 12.9. The van der Waals surface area contributed by atoms with Crippen LogP contribution >= 0.6 is 23.1 Å². The lowest BCUT2D eigenvalue weighted by molar-refractivity contribution is -0.150. The van der Waals surface area contributed by atoms with E-state index >= 15 is 0 Å². The number of phenolic OH excluding ortho intramolecular Hbond substituents is 2. The third-order valence-corrected chi connectivity index (χ3v) is 7.47. The predicted octanol–water partition coefficient (Wildman–Crippen LogP) is 0.639. The number of carboxylic acid groups (broad SMARTS) is 1. The minimum atomic E-state index is -1.34. The van der Waals surface area contributed by atoms with Crippen molar-refractivity contribution in [3.8, 4) is 11.5 Å². The van der Waals surface area contributed by atoms with Gasteiger partial charge in [-0.25, -0.2) is 14.6 Å². The van der Waals surface area contributed by atoms with Crippen molar-refractivity contribution in [3.05, 3.63) is 58.3 Å². The van der Waals surface area contributed by atoms with Gasteiger partial charge in [-0.15, -0.1) is 23.1 Å². The Hall–Kier alpha value is -4.57. The maximum Gasteiger partial charge on any atom is 0.352 e. The Morgan fingerprint density at radius 3 is 2.72 bits per heavy atom. The quantitative estimate of drug-likeness (QED) is 0.0916. The first-order valence-corrected chi connectivity index (χ1v) is 12.9. The van der Waals surface area contributed by atoms with Crippen LogP contribution in [0.1, 0.15) is 16.1 Å². The summed E-state index contributed by atoms with van der Waals surface area (Å²) in [5.74, 6) is -4.15. The number of allylic oxidation sites excluding steroid dienone is 1. The number of hydrogen-bond donors (Lipinski definition) is 5. The molecule has 16 heteroatoms. The van der Waals surface area contributed by atoms with Crippen LogP contribution < -0.4 is 11.1 Å². The zero-order valence-corrected chi connectivity index (χ0v) is 21.7. The molecule has 0 saturated carbocycles. The molecule has 14 nitrogen and oxygen atoms in total. The molecule has 4 rings (SSSR count). The SMILES string of the molecule is CO/N=C(\C(=O)NC1C(=O)N2C(C(=O)O)=C(/C=C/COC(=O)c3ccc(O)c(O)c3)CS[C@H]12)c1csc(N)n1. The van der Waals surface area contributed by atoms with Gasteiger partial charge in [-0.05, 0) is 29.8 Å². The number of anilines is 1. The van der Waals surface area contributed by atoms with Gasteiger partial charge >= 0.3 is 11.9 Å². The lowest BCUT2D eigenvalue weighted by atomic mass is 10.0. The molecule has 0 bridgehead atoms. The summed E-state index contributed by atoms with van der Waals surface area (Å²) in [5.41, 5.74) is 5.66. The summed E-state index contributed by atoms with van der Waals surface area (Å²) in [7, 11) is 1.24. The van der Waals surface area contributed by atoms with Crippen LogP contribution in [0.2, 0.25) is 0 Å². The number of oxime groups is 1. The molecule has 1 saturated heterocycles. The highest BCUT2D eigenvalue weighted by Crippen LogP contribution is 2.40. The molecule has 1 aromatic carbocycles. The average Bonchev–Trinajstić information content (AvgIpc) is 3.34. The van der Waals surface area contributed by atoms with Crippen molar-refractivity contribution in [3.63, 3.8) is 0 Å². The van der Waals surface area contributed by atoms with Crippen molar-refractivity contribution in [1.82, 2.24) is 15.2 Å². The molecule has 2 atom stereocenters. The van der Waals surface area contributed by atoms with Crippen molar-refractivity contribution in [1.29, 1.82) is 0 Å². The number of carbonyl (C=O) groups is 4. The molecular formula is C23H21N5O9S2. The normalized spacial score (nSPS) is 18.9. The number of β-lactam (4-membered cyclic amide) rings is 1. The maximum atomic E-state index is 12.9. The first-order chi connectivity index (χ1) is 18.6. The minimum absolute atomic E-state index is 0.0106. The van der Waals surface area contributed by atoms with Gasteiger partial charge in [0, 0.05) is 11.1 Å². The first-order valence-electron chi connectivity index (χ1n) is 11.0. The fourth-order valence-electron chi connectivity index (χ4n) is 3.72. The molecule has 0 spiro atoms. The molecule has 2 aliphatic rings. The molecular weight excluding hydrogens is 554 g/mol. The standard InChI is InChI=1S/C23H21N5O9S2/c1-36-27-15(12-9-39-23(24)25-12)18(31)26-16-19(32)28-17(21(33)34)11(8-38-20(16)28)3-2-6-37-22(35)10-4-5-13(29)14(30)7-10/h2-5,7,9,16,20,29-30H,6,8H2,1H3,(H2,24,25)(H,26,31)(H,33,34)/b3-2+,27-15-/t16?,20-/m1/s1. The van der Waals surface area contributed by atoms with Crippen LogP contribution in [0.15, 0.2) is 52.2 Å². The second-order valence-corrected chi connectivity index (χ2v) is 9.93. The molecule has 0 radical (unpaired) electrons. The number of aromatic hydroxyl groups is 2. The number of nitrogens with two attached hydrogens (primary N) is 1. The Bertz CT molecular complexity index is 1430. The zero-order valence-electron chi connectivity index (χ0n) is 20.1. The van der Waals surface area contributed by atoms with E-state index in [2.05, 4.69) is 15.5 Å². The van der Waals surface area contributed by atoms with Crippen molar-refractivity contribution in [2.45, 2.75) is 11.4 Å². The number of thiazole rings is 1. The topological polar surface area (TPSA) is 214 Å². The lowest BCUT2D eigenvalue weighted by Gasteiger charge is -2.49. The van der Waals surface area contributed by atoms with E-state index in [-0.39, 0.29) is 45.9 Å². The summed E-state index contributed by atoms with van der Waals surface area (Å²) in [6.07, 6.45) is 2.84. The summed E-state index contributed by atoms with van der Waals surface area (Å²) in [5, 5.41) is 35.9. The van der Waals surface area contributed by atoms with Gasteiger partial charge < -0.3 is 35.9 Å². The number of aromatic nitrogens is 1. The van der Waals surface area contributed by atoms with Gasteiger partial charge in [0.2, 0.25) is 0 Å². The third kappa shape index (κ3) is 5.65. The molecule has 1 unspecified atom stereocenters. The molecule has 2 aromatic rings. The number of aliphatic carboxylic acids is 1. The summed E-state index contributed by atoms with van der Waals surface area (Å²) in [4.78, 5) is 59.7. The predicted molar refractivity (Wildman–Crippen MR) is 139 cm³/mol. The number of phenols is 2. The third-order valence-electron chi connectivity index (χ3n) is 5.49. The molecule has 1 fully saturated rings. The number of nitrogens with one attached hydrogen (secondary N) is 1. The van der Waals surface area contributed by atoms with Gasteiger partial charge in [0.05, 0.1) is 5.56 Å².